The molecule has 0 spiro atoms. The Balaban J connectivity index is 1.69. The molecule has 4 atom stereocenters. The number of rotatable bonds is 5. The molecule has 1 aliphatic heterocycles. The Labute approximate surface area is 105 Å². The summed E-state index contributed by atoms with van der Waals surface area (Å²) in [5.41, 5.74) is 0. The lowest BCUT2D eigenvalue weighted by Gasteiger charge is -2.31. The van der Waals surface area contributed by atoms with E-state index < -0.39 is 0 Å². The number of fused-ring (bicyclic) bond motifs is 2. The summed E-state index contributed by atoms with van der Waals surface area (Å²) in [5, 5.41) is 3.74. The van der Waals surface area contributed by atoms with E-state index in [-0.39, 0.29) is 0 Å². The first-order valence-electron chi connectivity index (χ1n) is 7.44. The van der Waals surface area contributed by atoms with E-state index in [0.717, 1.165) is 37.3 Å². The van der Waals surface area contributed by atoms with E-state index in [1.165, 1.54) is 37.9 Å². The summed E-state index contributed by atoms with van der Waals surface area (Å²) in [7, 11) is 0. The number of ether oxygens (including phenoxy) is 1. The first-order chi connectivity index (χ1) is 8.38. The molecule has 2 nitrogen and oxygen atoms in total. The normalized spacial score (nSPS) is 37.0. The summed E-state index contributed by atoms with van der Waals surface area (Å²) in [5.74, 6) is 4.11. The van der Waals surface area contributed by atoms with Crippen LogP contribution < -0.4 is 5.32 Å². The van der Waals surface area contributed by atoms with Crippen LogP contribution in [-0.4, -0.2) is 19.2 Å². The van der Waals surface area contributed by atoms with Gasteiger partial charge in [0, 0.05) is 6.42 Å². The van der Waals surface area contributed by atoms with Gasteiger partial charge in [0.15, 0.2) is 0 Å². The molecule has 0 aromatic carbocycles. The van der Waals surface area contributed by atoms with Gasteiger partial charge in [-0.25, -0.2) is 0 Å². The van der Waals surface area contributed by atoms with Gasteiger partial charge in [0.05, 0.1) is 12.6 Å². The fraction of sp³-hybridized carbons (Fsp3) is 0.867. The van der Waals surface area contributed by atoms with E-state index in [9.17, 15) is 0 Å². The summed E-state index contributed by atoms with van der Waals surface area (Å²) in [6.45, 7) is 4.27. The zero-order valence-corrected chi connectivity index (χ0v) is 11.0. The molecule has 96 valence electrons. The van der Waals surface area contributed by atoms with Crippen LogP contribution >= 0.6 is 0 Å². The van der Waals surface area contributed by atoms with Gasteiger partial charge in [0.25, 0.3) is 0 Å². The van der Waals surface area contributed by atoms with Crippen molar-refractivity contribution >= 4 is 0 Å². The lowest BCUT2D eigenvalue weighted by atomic mass is 9.82. The van der Waals surface area contributed by atoms with E-state index in [1.807, 2.05) is 0 Å². The molecule has 3 rings (SSSR count). The first-order valence-corrected chi connectivity index (χ1v) is 7.44. The van der Waals surface area contributed by atoms with Gasteiger partial charge >= 0.3 is 0 Å². The highest BCUT2D eigenvalue weighted by Gasteiger charge is 2.44. The molecule has 2 bridgehead atoms. The second-order valence-corrected chi connectivity index (χ2v) is 6.01. The Morgan fingerprint density at radius 2 is 2.35 bits per heavy atom. The Morgan fingerprint density at radius 1 is 1.41 bits per heavy atom. The molecule has 0 amide bonds. The van der Waals surface area contributed by atoms with E-state index in [1.54, 1.807) is 0 Å². The Bertz CT molecular complexity index is 299. The molecule has 0 aromatic rings. The predicted octanol–water partition coefficient (Wildman–Crippen LogP) is 3.10. The van der Waals surface area contributed by atoms with Crippen LogP contribution in [0.2, 0.25) is 0 Å². The van der Waals surface area contributed by atoms with Crippen LogP contribution in [0, 0.1) is 17.8 Å². The van der Waals surface area contributed by atoms with E-state index in [0.29, 0.717) is 6.04 Å². The Hall–Kier alpha value is -0.500. The van der Waals surface area contributed by atoms with Gasteiger partial charge in [-0.1, -0.05) is 13.3 Å². The average molecular weight is 235 g/mol. The summed E-state index contributed by atoms with van der Waals surface area (Å²) >= 11 is 0. The maximum absolute atomic E-state index is 5.83. The molecule has 4 unspecified atom stereocenters. The van der Waals surface area contributed by atoms with Crippen molar-refractivity contribution in [3.63, 3.8) is 0 Å². The second-order valence-electron chi connectivity index (χ2n) is 6.01. The standard InChI is InChI=1S/C15H25NO/c1-2-7-16-15(14-4-3-8-17-14)13-10-11-5-6-12(13)9-11/h4,11-13,15-16H,2-3,5-10H2,1H3. The minimum atomic E-state index is 0.521. The van der Waals surface area contributed by atoms with Crippen LogP contribution in [0.15, 0.2) is 11.8 Å². The monoisotopic (exact) mass is 235 g/mol. The highest BCUT2D eigenvalue weighted by Crippen LogP contribution is 2.50. The van der Waals surface area contributed by atoms with Crippen LogP contribution in [0.25, 0.3) is 0 Å². The van der Waals surface area contributed by atoms with E-state index in [4.69, 9.17) is 4.74 Å². The van der Waals surface area contributed by atoms with Crippen molar-refractivity contribution in [3.8, 4) is 0 Å². The molecule has 1 N–H and O–H groups in total. The van der Waals surface area contributed by atoms with Crippen molar-refractivity contribution in [3.05, 3.63) is 11.8 Å². The summed E-state index contributed by atoms with van der Waals surface area (Å²) in [4.78, 5) is 0. The third kappa shape index (κ3) is 2.24. The summed E-state index contributed by atoms with van der Waals surface area (Å²) in [6.07, 6.45) is 10.5. The Kier molecular flexibility index (Phi) is 3.41. The van der Waals surface area contributed by atoms with Crippen molar-refractivity contribution in [1.82, 2.24) is 5.32 Å². The quantitative estimate of drug-likeness (QED) is 0.790. The molecule has 1 heterocycles. The van der Waals surface area contributed by atoms with Gasteiger partial charge < -0.3 is 10.1 Å². The molecule has 0 radical (unpaired) electrons. The highest BCUT2D eigenvalue weighted by atomic mass is 16.5. The zero-order valence-electron chi connectivity index (χ0n) is 11.0. The molecular formula is C15H25NO. The van der Waals surface area contributed by atoms with Crippen LogP contribution in [0.5, 0.6) is 0 Å². The van der Waals surface area contributed by atoms with Gasteiger partial charge in [-0.15, -0.1) is 0 Å². The van der Waals surface area contributed by atoms with Gasteiger partial charge in [0.2, 0.25) is 0 Å². The van der Waals surface area contributed by atoms with Crippen molar-refractivity contribution in [2.45, 2.75) is 51.5 Å². The topological polar surface area (TPSA) is 21.3 Å². The second kappa shape index (κ2) is 5.01. The van der Waals surface area contributed by atoms with Crippen molar-refractivity contribution in [1.29, 1.82) is 0 Å². The van der Waals surface area contributed by atoms with Crippen LogP contribution in [0.3, 0.4) is 0 Å². The lowest BCUT2D eigenvalue weighted by Crippen LogP contribution is -2.40. The number of hydrogen-bond donors (Lipinski definition) is 1. The fourth-order valence-corrected chi connectivity index (χ4v) is 4.12. The van der Waals surface area contributed by atoms with Crippen LogP contribution in [-0.2, 0) is 4.74 Å². The zero-order chi connectivity index (χ0) is 11.7. The molecule has 2 saturated carbocycles. The SMILES string of the molecule is CCCNC(C1=CCCO1)C1CC2CCC1C2. The summed E-state index contributed by atoms with van der Waals surface area (Å²) < 4.78 is 5.83. The Morgan fingerprint density at radius 3 is 2.94 bits per heavy atom. The molecule has 2 aliphatic carbocycles. The minimum Gasteiger partial charge on any atom is -0.496 e. The lowest BCUT2D eigenvalue weighted by molar-refractivity contribution is 0.168. The first kappa shape index (κ1) is 11.6. The van der Waals surface area contributed by atoms with E-state index in [2.05, 4.69) is 18.3 Å². The van der Waals surface area contributed by atoms with Crippen molar-refractivity contribution < 1.29 is 4.74 Å². The van der Waals surface area contributed by atoms with Gasteiger partial charge in [-0.3, -0.25) is 0 Å². The van der Waals surface area contributed by atoms with Crippen molar-refractivity contribution in [2.75, 3.05) is 13.2 Å². The van der Waals surface area contributed by atoms with E-state index >= 15 is 0 Å². The molecule has 17 heavy (non-hydrogen) atoms. The third-order valence-electron chi connectivity index (χ3n) is 4.87. The number of hydrogen-bond acceptors (Lipinski definition) is 2. The largest absolute Gasteiger partial charge is 0.496 e. The van der Waals surface area contributed by atoms with Gasteiger partial charge in [-0.2, -0.15) is 0 Å². The van der Waals surface area contributed by atoms with Crippen LogP contribution in [0.4, 0.5) is 0 Å². The predicted molar refractivity (Wildman–Crippen MR) is 69.7 cm³/mol. The smallest absolute Gasteiger partial charge is 0.109 e. The van der Waals surface area contributed by atoms with Gasteiger partial charge in [-0.05, 0) is 56.1 Å². The fourth-order valence-electron chi connectivity index (χ4n) is 4.12. The molecule has 2 fully saturated rings. The van der Waals surface area contributed by atoms with Crippen LogP contribution in [0.1, 0.15) is 45.4 Å². The van der Waals surface area contributed by atoms with Gasteiger partial charge in [0.1, 0.15) is 5.76 Å². The van der Waals surface area contributed by atoms with Crippen molar-refractivity contribution in [2.24, 2.45) is 17.8 Å². The average Bonchev–Trinajstić information content (AvgIpc) is 3.06. The number of nitrogens with one attached hydrogen (secondary N) is 1. The molecule has 0 saturated heterocycles. The third-order valence-corrected chi connectivity index (χ3v) is 4.87. The minimum absolute atomic E-state index is 0.521. The molecule has 2 heteroatoms. The summed E-state index contributed by atoms with van der Waals surface area (Å²) in [6, 6.07) is 0.521. The molecular weight excluding hydrogens is 210 g/mol. The maximum atomic E-state index is 5.83. The maximum Gasteiger partial charge on any atom is 0.109 e. The highest BCUT2D eigenvalue weighted by molar-refractivity contribution is 5.12. The molecule has 0 aromatic heterocycles. The molecule has 3 aliphatic rings.